The summed E-state index contributed by atoms with van der Waals surface area (Å²) in [5, 5.41) is 9.54. The topological polar surface area (TPSA) is 49.6 Å². The molecule has 0 spiro atoms. The van der Waals surface area contributed by atoms with Crippen molar-refractivity contribution in [2.24, 2.45) is 5.92 Å². The molecule has 1 N–H and O–H groups in total. The van der Waals surface area contributed by atoms with E-state index in [9.17, 15) is 0 Å². The summed E-state index contributed by atoms with van der Waals surface area (Å²) in [7, 11) is 0. The summed E-state index contributed by atoms with van der Waals surface area (Å²) >= 11 is 3.30. The maximum absolute atomic E-state index is 7.42. The first-order valence-electron chi connectivity index (χ1n) is 8.04. The van der Waals surface area contributed by atoms with Crippen LogP contribution in [0.2, 0.25) is 0 Å². The van der Waals surface area contributed by atoms with Gasteiger partial charge in [-0.1, -0.05) is 33.3 Å². The number of nitrogens with one attached hydrogen (secondary N) is 1. The zero-order valence-corrected chi connectivity index (χ0v) is 16.2. The van der Waals surface area contributed by atoms with Gasteiger partial charge in [-0.3, -0.25) is 4.98 Å². The van der Waals surface area contributed by atoms with Crippen LogP contribution in [0.4, 0.5) is 0 Å². The molecule has 0 saturated heterocycles. The quantitative estimate of drug-likeness (QED) is 0.540. The van der Waals surface area contributed by atoms with Crippen LogP contribution in [0.25, 0.3) is 26.2 Å². The Kier molecular flexibility index (Phi) is 6.82. The number of fused-ring (bicyclic) bond motifs is 1. The van der Waals surface area contributed by atoms with E-state index in [1.807, 2.05) is 30.8 Å². The van der Waals surface area contributed by atoms with Crippen LogP contribution in [0.5, 0.6) is 0 Å². The molecular weight excluding hydrogens is 334 g/mol. The molecule has 0 aliphatic carbocycles. The van der Waals surface area contributed by atoms with Crippen molar-refractivity contribution in [1.29, 1.82) is 5.41 Å². The minimum absolute atomic E-state index is 0.836. The molecule has 3 rings (SSSR count). The van der Waals surface area contributed by atoms with E-state index in [4.69, 9.17) is 10.4 Å². The highest BCUT2D eigenvalue weighted by atomic mass is 32.1. The van der Waals surface area contributed by atoms with Gasteiger partial charge in [0.05, 0.1) is 26.3 Å². The van der Waals surface area contributed by atoms with Crippen molar-refractivity contribution in [1.82, 2.24) is 9.97 Å². The lowest BCUT2D eigenvalue weighted by Gasteiger charge is -2.01. The molecule has 0 aromatic carbocycles. The molecule has 0 amide bonds. The summed E-state index contributed by atoms with van der Waals surface area (Å²) in [6.45, 7) is 8.56. The van der Waals surface area contributed by atoms with Gasteiger partial charge in [-0.15, -0.1) is 22.7 Å². The number of rotatable bonds is 4. The molecule has 0 saturated carbocycles. The average molecular weight is 358 g/mol. The van der Waals surface area contributed by atoms with E-state index in [1.54, 1.807) is 22.7 Å². The minimum atomic E-state index is 0.836. The Labute approximate surface area is 151 Å². The highest BCUT2D eigenvalue weighted by molar-refractivity contribution is 7.18. The fourth-order valence-corrected chi connectivity index (χ4v) is 3.51. The summed E-state index contributed by atoms with van der Waals surface area (Å²) in [4.78, 5) is 9.96. The lowest BCUT2D eigenvalue weighted by molar-refractivity contribution is 0.626. The van der Waals surface area contributed by atoms with Crippen LogP contribution < -0.4 is 0 Å². The van der Waals surface area contributed by atoms with Gasteiger partial charge in [-0.05, 0) is 25.0 Å². The maximum atomic E-state index is 7.42. The van der Waals surface area contributed by atoms with Gasteiger partial charge in [0.15, 0.2) is 0 Å². The van der Waals surface area contributed by atoms with E-state index >= 15 is 0 Å². The molecule has 126 valence electrons. The molecule has 0 aliphatic heterocycles. The van der Waals surface area contributed by atoms with Crippen molar-refractivity contribution in [2.75, 3.05) is 0 Å². The molecule has 3 aromatic heterocycles. The third-order valence-electron chi connectivity index (χ3n) is 3.69. The van der Waals surface area contributed by atoms with Crippen LogP contribution in [-0.4, -0.2) is 16.2 Å². The molecule has 3 heterocycles. The normalized spacial score (nSPS) is 11.5. The van der Waals surface area contributed by atoms with Gasteiger partial charge in [0.1, 0.15) is 0 Å². The van der Waals surface area contributed by atoms with Crippen LogP contribution >= 0.6 is 22.7 Å². The van der Waals surface area contributed by atoms with E-state index in [1.165, 1.54) is 12.6 Å². The van der Waals surface area contributed by atoms with Crippen LogP contribution in [0.15, 0.2) is 35.3 Å². The van der Waals surface area contributed by atoms with Crippen molar-refractivity contribution < 1.29 is 0 Å². The van der Waals surface area contributed by atoms with Crippen molar-refractivity contribution >= 4 is 44.7 Å². The number of pyridine rings is 1. The highest BCUT2D eigenvalue weighted by Gasteiger charge is 2.10. The molecule has 5 heteroatoms. The molecule has 0 atom stereocenters. The van der Waals surface area contributed by atoms with Gasteiger partial charge in [0.2, 0.25) is 0 Å². The Morgan fingerprint density at radius 3 is 2.58 bits per heavy atom. The van der Waals surface area contributed by atoms with Gasteiger partial charge < -0.3 is 5.41 Å². The van der Waals surface area contributed by atoms with Crippen LogP contribution in [0.1, 0.15) is 39.8 Å². The molecular formula is C19H23N3S2. The minimum Gasteiger partial charge on any atom is -0.308 e. The fraction of sp³-hybridized carbons (Fsp3) is 0.316. The lowest BCUT2D eigenvalue weighted by atomic mass is 10.1. The van der Waals surface area contributed by atoms with Gasteiger partial charge in [-0.25, -0.2) is 4.98 Å². The molecule has 0 radical (unpaired) electrons. The number of hydrogen-bond donors (Lipinski definition) is 1. The monoisotopic (exact) mass is 357 g/mol. The third-order valence-corrected chi connectivity index (χ3v) is 5.44. The van der Waals surface area contributed by atoms with Gasteiger partial charge in [0, 0.05) is 28.9 Å². The summed E-state index contributed by atoms with van der Waals surface area (Å²) in [5.74, 6) is 0.884. The van der Waals surface area contributed by atoms with Crippen LogP contribution in [0, 0.1) is 11.3 Å². The smallest absolute Gasteiger partial charge is 0.0904 e. The third kappa shape index (κ3) is 4.36. The van der Waals surface area contributed by atoms with Crippen molar-refractivity contribution in [3.05, 3.63) is 41.0 Å². The SMILES string of the molecule is C/C=C(\C=N)c1ccc2scc(-c3cncs3)c2n1.CCC(C)C. The Morgan fingerprint density at radius 1 is 1.29 bits per heavy atom. The second-order valence-corrected chi connectivity index (χ2v) is 7.55. The number of thiazole rings is 1. The Morgan fingerprint density at radius 2 is 2.04 bits per heavy atom. The lowest BCUT2D eigenvalue weighted by Crippen LogP contribution is -1.89. The van der Waals surface area contributed by atoms with Gasteiger partial charge in [0.25, 0.3) is 0 Å². The Hall–Kier alpha value is -1.85. The average Bonchev–Trinajstić information content (AvgIpc) is 3.25. The fourth-order valence-electron chi connectivity index (χ4n) is 1.90. The Balaban J connectivity index is 0.000000368. The number of nitrogens with zero attached hydrogens (tertiary/aromatic N) is 2. The summed E-state index contributed by atoms with van der Waals surface area (Å²) in [5.41, 5.74) is 5.63. The highest BCUT2D eigenvalue weighted by Crippen LogP contribution is 2.35. The van der Waals surface area contributed by atoms with E-state index < -0.39 is 0 Å². The number of allylic oxidation sites excluding steroid dienone is 2. The zero-order valence-electron chi connectivity index (χ0n) is 14.5. The molecule has 3 nitrogen and oxygen atoms in total. The second kappa shape index (κ2) is 8.85. The second-order valence-electron chi connectivity index (χ2n) is 5.75. The number of aromatic nitrogens is 2. The van der Waals surface area contributed by atoms with E-state index in [0.29, 0.717) is 0 Å². The first-order valence-corrected chi connectivity index (χ1v) is 9.80. The van der Waals surface area contributed by atoms with Crippen LogP contribution in [0.3, 0.4) is 0 Å². The van der Waals surface area contributed by atoms with Gasteiger partial charge >= 0.3 is 0 Å². The van der Waals surface area contributed by atoms with E-state index in [-0.39, 0.29) is 0 Å². The van der Waals surface area contributed by atoms with Crippen molar-refractivity contribution in [2.45, 2.75) is 34.1 Å². The molecule has 0 fully saturated rings. The van der Waals surface area contributed by atoms with Crippen molar-refractivity contribution in [3.8, 4) is 10.4 Å². The number of thiophene rings is 1. The molecule has 3 aromatic rings. The van der Waals surface area contributed by atoms with E-state index in [0.717, 1.165) is 37.8 Å². The maximum Gasteiger partial charge on any atom is 0.0904 e. The predicted molar refractivity (Wildman–Crippen MR) is 108 cm³/mol. The molecule has 0 unspecified atom stereocenters. The molecule has 24 heavy (non-hydrogen) atoms. The first kappa shape index (κ1) is 18.5. The van der Waals surface area contributed by atoms with E-state index in [2.05, 4.69) is 37.2 Å². The molecule has 0 bridgehead atoms. The van der Waals surface area contributed by atoms with Crippen molar-refractivity contribution in [3.63, 3.8) is 0 Å². The summed E-state index contributed by atoms with van der Waals surface area (Å²) in [6, 6.07) is 4.04. The molecule has 0 aliphatic rings. The standard InChI is InChI=1S/C14H11N3S2.C5H12/c1-2-9(5-15)11-3-4-12-14(17-11)10(7-18-12)13-6-16-8-19-13;1-4-5(2)3/h2-8,15H,1H3;5H,4H2,1-3H3/b9-2+,15-5?;. The van der Waals surface area contributed by atoms with Crippen LogP contribution in [-0.2, 0) is 0 Å². The summed E-state index contributed by atoms with van der Waals surface area (Å²) in [6.07, 6.45) is 6.42. The largest absolute Gasteiger partial charge is 0.308 e. The Bertz CT molecular complexity index is 814. The predicted octanol–water partition coefficient (Wildman–Crippen LogP) is 6.53. The number of hydrogen-bond acceptors (Lipinski definition) is 5. The first-order chi connectivity index (χ1) is 11.6. The zero-order chi connectivity index (χ0) is 17.5. The summed E-state index contributed by atoms with van der Waals surface area (Å²) < 4.78 is 1.16. The van der Waals surface area contributed by atoms with Gasteiger partial charge in [-0.2, -0.15) is 0 Å².